The van der Waals surface area contributed by atoms with Crippen LogP contribution < -0.4 is 5.32 Å². The highest BCUT2D eigenvalue weighted by Crippen LogP contribution is 2.30. The van der Waals surface area contributed by atoms with Crippen molar-refractivity contribution >= 4 is 29.0 Å². The van der Waals surface area contributed by atoms with Gasteiger partial charge in [-0.25, -0.2) is 4.79 Å². The lowest BCUT2D eigenvalue weighted by molar-refractivity contribution is -0.137. The second kappa shape index (κ2) is 12.1. The van der Waals surface area contributed by atoms with Crippen LogP contribution in [0.2, 0.25) is 0 Å². The Bertz CT molecular complexity index is 1160. The van der Waals surface area contributed by atoms with Crippen LogP contribution in [0.4, 0.5) is 23.7 Å². The van der Waals surface area contributed by atoms with E-state index >= 15 is 0 Å². The number of carbonyl (C=O) groups excluding carboxylic acids is 2. The molecule has 5 nitrogen and oxygen atoms in total. The van der Waals surface area contributed by atoms with Gasteiger partial charge < -0.3 is 15.1 Å². The molecule has 9 heteroatoms. The van der Waals surface area contributed by atoms with Crippen LogP contribution in [0, 0.1) is 6.92 Å². The molecule has 0 aliphatic rings. The number of thiophene rings is 1. The summed E-state index contributed by atoms with van der Waals surface area (Å²) in [6, 6.07) is 15.1. The molecule has 0 saturated heterocycles. The highest BCUT2D eigenvalue weighted by atomic mass is 32.1. The molecule has 0 radical (unpaired) electrons. The van der Waals surface area contributed by atoms with Crippen molar-refractivity contribution < 1.29 is 22.8 Å². The second-order valence-electron chi connectivity index (χ2n) is 8.66. The van der Waals surface area contributed by atoms with Gasteiger partial charge in [0.1, 0.15) is 6.54 Å². The number of hydrogen-bond donors (Lipinski definition) is 1. The third-order valence-electron chi connectivity index (χ3n) is 6.00. The fourth-order valence-electron chi connectivity index (χ4n) is 3.64. The van der Waals surface area contributed by atoms with Gasteiger partial charge in [0.05, 0.1) is 12.1 Å². The maximum Gasteiger partial charge on any atom is 0.416 e. The summed E-state index contributed by atoms with van der Waals surface area (Å²) in [7, 11) is 0. The fourth-order valence-corrected chi connectivity index (χ4v) is 4.56. The standard InChI is InChI=1S/C27H30F3N3O2S/c1-4-20(3)33(26(35)31-23-12-8-11-22(15-23)27(28,29)30)18-25(34)32(16-21-9-6-5-7-10-21)17-24-19(2)13-14-36-24/h5-15,20H,4,16-18H2,1-3H3,(H,31,35). The smallest absolute Gasteiger partial charge is 0.332 e. The number of halogens is 3. The molecule has 36 heavy (non-hydrogen) atoms. The van der Waals surface area contributed by atoms with Gasteiger partial charge in [-0.15, -0.1) is 11.3 Å². The molecule has 0 fully saturated rings. The van der Waals surface area contributed by atoms with E-state index in [0.29, 0.717) is 19.5 Å². The maximum absolute atomic E-state index is 13.5. The summed E-state index contributed by atoms with van der Waals surface area (Å²) < 4.78 is 39.3. The number of aryl methyl sites for hydroxylation is 1. The van der Waals surface area contributed by atoms with Crippen molar-refractivity contribution in [2.75, 3.05) is 11.9 Å². The number of carbonyl (C=O) groups is 2. The summed E-state index contributed by atoms with van der Waals surface area (Å²) in [5.74, 6) is -0.244. The third kappa shape index (κ3) is 7.34. The Morgan fingerprint density at radius 2 is 1.75 bits per heavy atom. The van der Waals surface area contributed by atoms with Crippen LogP contribution in [0.5, 0.6) is 0 Å². The lowest BCUT2D eigenvalue weighted by Gasteiger charge is -2.31. The zero-order valence-corrected chi connectivity index (χ0v) is 21.3. The molecule has 0 aliphatic heterocycles. The number of hydrogen-bond acceptors (Lipinski definition) is 3. The molecule has 192 valence electrons. The number of anilines is 1. The summed E-state index contributed by atoms with van der Waals surface area (Å²) in [6.45, 7) is 6.27. The number of alkyl halides is 3. The monoisotopic (exact) mass is 517 g/mol. The molecule has 2 aromatic carbocycles. The zero-order valence-electron chi connectivity index (χ0n) is 20.5. The molecular weight excluding hydrogens is 487 g/mol. The minimum Gasteiger partial charge on any atom is -0.332 e. The highest BCUT2D eigenvalue weighted by molar-refractivity contribution is 7.10. The Morgan fingerprint density at radius 3 is 2.36 bits per heavy atom. The van der Waals surface area contributed by atoms with Crippen molar-refractivity contribution in [1.29, 1.82) is 0 Å². The van der Waals surface area contributed by atoms with E-state index in [0.717, 1.165) is 28.1 Å². The van der Waals surface area contributed by atoms with Gasteiger partial charge in [-0.3, -0.25) is 4.79 Å². The first-order chi connectivity index (χ1) is 17.1. The number of nitrogens with one attached hydrogen (secondary N) is 1. The predicted molar refractivity (Wildman–Crippen MR) is 137 cm³/mol. The van der Waals surface area contributed by atoms with Crippen LogP contribution in [-0.2, 0) is 24.1 Å². The van der Waals surface area contributed by atoms with E-state index in [1.807, 2.05) is 62.5 Å². The molecule has 1 heterocycles. The summed E-state index contributed by atoms with van der Waals surface area (Å²) >= 11 is 1.57. The Balaban J connectivity index is 1.80. The van der Waals surface area contributed by atoms with Crippen LogP contribution in [-0.4, -0.2) is 34.3 Å². The van der Waals surface area contributed by atoms with Gasteiger partial charge in [0.15, 0.2) is 0 Å². The van der Waals surface area contributed by atoms with Crippen molar-refractivity contribution in [2.45, 2.75) is 52.5 Å². The zero-order chi connectivity index (χ0) is 26.3. The van der Waals surface area contributed by atoms with Gasteiger partial charge in [0.25, 0.3) is 0 Å². The first-order valence-electron chi connectivity index (χ1n) is 11.7. The Morgan fingerprint density at radius 1 is 1.03 bits per heavy atom. The van der Waals surface area contributed by atoms with Crippen molar-refractivity contribution in [1.82, 2.24) is 9.80 Å². The molecule has 0 saturated carbocycles. The van der Waals surface area contributed by atoms with E-state index in [4.69, 9.17) is 0 Å². The average Bonchev–Trinajstić information content (AvgIpc) is 3.25. The lowest BCUT2D eigenvalue weighted by atomic mass is 10.2. The van der Waals surface area contributed by atoms with Crippen LogP contribution in [0.15, 0.2) is 66.0 Å². The first-order valence-corrected chi connectivity index (χ1v) is 12.6. The van der Waals surface area contributed by atoms with E-state index in [-0.39, 0.29) is 24.2 Å². The molecule has 0 spiro atoms. The van der Waals surface area contributed by atoms with Crippen LogP contribution in [0.3, 0.4) is 0 Å². The summed E-state index contributed by atoms with van der Waals surface area (Å²) in [4.78, 5) is 30.8. The third-order valence-corrected chi connectivity index (χ3v) is 7.01. The van der Waals surface area contributed by atoms with Gasteiger partial charge in [-0.05, 0) is 61.0 Å². The molecule has 3 rings (SSSR count). The van der Waals surface area contributed by atoms with E-state index in [2.05, 4.69) is 5.32 Å². The predicted octanol–water partition coefficient (Wildman–Crippen LogP) is 6.94. The molecule has 0 aliphatic carbocycles. The Hall–Kier alpha value is -3.33. The first kappa shape index (κ1) is 27.3. The summed E-state index contributed by atoms with van der Waals surface area (Å²) in [5.41, 5.74) is 1.22. The highest BCUT2D eigenvalue weighted by Gasteiger charge is 2.31. The molecule has 1 atom stereocenters. The molecular formula is C27H30F3N3O2S. The van der Waals surface area contributed by atoms with E-state index in [9.17, 15) is 22.8 Å². The fraction of sp³-hybridized carbons (Fsp3) is 0.333. The van der Waals surface area contributed by atoms with Crippen molar-refractivity contribution in [2.24, 2.45) is 0 Å². The number of benzene rings is 2. The number of nitrogens with zero attached hydrogens (tertiary/aromatic N) is 2. The summed E-state index contributed by atoms with van der Waals surface area (Å²) in [6.07, 6.45) is -3.95. The van der Waals surface area contributed by atoms with Gasteiger partial charge in [0, 0.05) is 23.2 Å². The van der Waals surface area contributed by atoms with E-state index < -0.39 is 17.8 Å². The number of amides is 3. The summed E-state index contributed by atoms with van der Waals surface area (Å²) in [5, 5.41) is 4.51. The molecule has 1 aromatic heterocycles. The quantitative estimate of drug-likeness (QED) is 0.334. The topological polar surface area (TPSA) is 52.7 Å². The van der Waals surface area contributed by atoms with Crippen molar-refractivity contribution in [3.05, 3.63) is 87.6 Å². The molecule has 3 aromatic rings. The normalized spacial score (nSPS) is 12.2. The maximum atomic E-state index is 13.5. The SMILES string of the molecule is CCC(C)N(CC(=O)N(Cc1ccccc1)Cc1sccc1C)C(=O)Nc1cccc(C(F)(F)F)c1. The molecule has 3 amide bonds. The van der Waals surface area contributed by atoms with Gasteiger partial charge in [-0.1, -0.05) is 43.3 Å². The van der Waals surface area contributed by atoms with Gasteiger partial charge in [0.2, 0.25) is 5.91 Å². The average molecular weight is 518 g/mol. The van der Waals surface area contributed by atoms with Crippen LogP contribution in [0.1, 0.15) is 41.8 Å². The molecule has 1 unspecified atom stereocenters. The molecule has 1 N–H and O–H groups in total. The van der Waals surface area contributed by atoms with Crippen LogP contribution in [0.25, 0.3) is 0 Å². The van der Waals surface area contributed by atoms with Gasteiger partial charge >= 0.3 is 12.2 Å². The number of urea groups is 1. The Kier molecular flexibility index (Phi) is 9.14. The van der Waals surface area contributed by atoms with E-state index in [1.54, 1.807) is 16.2 Å². The van der Waals surface area contributed by atoms with Crippen molar-refractivity contribution in [3.8, 4) is 0 Å². The minimum atomic E-state index is -4.52. The van der Waals surface area contributed by atoms with E-state index in [1.165, 1.54) is 17.0 Å². The van der Waals surface area contributed by atoms with Crippen LogP contribution >= 0.6 is 11.3 Å². The largest absolute Gasteiger partial charge is 0.416 e. The number of rotatable bonds is 9. The Labute approximate surface area is 213 Å². The lowest BCUT2D eigenvalue weighted by Crippen LogP contribution is -2.47. The van der Waals surface area contributed by atoms with Crippen molar-refractivity contribution in [3.63, 3.8) is 0 Å². The van der Waals surface area contributed by atoms with Gasteiger partial charge in [-0.2, -0.15) is 13.2 Å². The second-order valence-corrected chi connectivity index (χ2v) is 9.66. The minimum absolute atomic E-state index is 0.0194. The molecule has 0 bridgehead atoms.